The molecule has 3 heterocycles. The van der Waals surface area contributed by atoms with Crippen molar-refractivity contribution in [3.63, 3.8) is 0 Å². The minimum absolute atomic E-state index is 0.248. The zero-order chi connectivity index (χ0) is 34.2. The predicted octanol–water partition coefficient (Wildman–Crippen LogP) is 6.02. The molecule has 0 bridgehead atoms. The summed E-state index contributed by atoms with van der Waals surface area (Å²) in [5, 5.41) is 22.1. The van der Waals surface area contributed by atoms with Crippen LogP contribution in [0.5, 0.6) is 5.75 Å². The first-order valence-electron chi connectivity index (χ1n) is 16.0. The lowest BCUT2D eigenvalue weighted by atomic mass is 9.82. The number of amides is 2. The van der Waals surface area contributed by atoms with Gasteiger partial charge < -0.3 is 28.9 Å². The molecule has 48 heavy (non-hydrogen) atoms. The number of fused-ring (bicyclic) bond motifs is 2. The highest BCUT2D eigenvalue weighted by atomic mass is 28.4. The van der Waals surface area contributed by atoms with E-state index in [2.05, 4.69) is 22.2 Å². The zero-order valence-electron chi connectivity index (χ0n) is 27.5. The first kappa shape index (κ1) is 33.3. The molecule has 3 aromatic carbocycles. The number of aryl methyl sites for hydroxylation is 1. The van der Waals surface area contributed by atoms with E-state index in [4.69, 9.17) is 9.47 Å². The van der Waals surface area contributed by atoms with E-state index in [0.29, 0.717) is 52.5 Å². The molecule has 4 aromatic rings. The van der Waals surface area contributed by atoms with Gasteiger partial charge in [-0.15, -0.1) is 11.7 Å². The molecule has 5 atom stereocenters. The number of aliphatic hydroxyl groups is 1. The van der Waals surface area contributed by atoms with E-state index in [0.717, 1.165) is 0 Å². The summed E-state index contributed by atoms with van der Waals surface area (Å²) in [6.45, 7) is 9.64. The summed E-state index contributed by atoms with van der Waals surface area (Å²) in [4.78, 5) is 29.2. The first-order chi connectivity index (χ1) is 23.0. The Hall–Kier alpha value is -4.65. The molecule has 1 saturated heterocycles. The van der Waals surface area contributed by atoms with Gasteiger partial charge in [0.2, 0.25) is 8.41 Å². The van der Waals surface area contributed by atoms with Crippen LogP contribution in [0.4, 0.5) is 15.5 Å². The molecule has 6 rings (SSSR count). The van der Waals surface area contributed by atoms with Crippen LogP contribution in [0.25, 0.3) is 0 Å². The Kier molecular flexibility index (Phi) is 9.07. The summed E-state index contributed by atoms with van der Waals surface area (Å²) in [7, 11) is -1.84. The highest BCUT2D eigenvalue weighted by molar-refractivity contribution is 6.72. The van der Waals surface area contributed by atoms with Crippen LogP contribution in [-0.2, 0) is 21.7 Å². The van der Waals surface area contributed by atoms with E-state index < -0.39 is 37.7 Å². The molecule has 1 fully saturated rings. The lowest BCUT2D eigenvalue weighted by molar-refractivity contribution is -0.145. The van der Waals surface area contributed by atoms with Gasteiger partial charge in [0.1, 0.15) is 17.5 Å². The summed E-state index contributed by atoms with van der Waals surface area (Å²) in [6.07, 6.45) is 2.17. The molecule has 2 amide bonds. The number of methoxy groups -OCH3 is 1. The monoisotopic (exact) mass is 669 g/mol. The topological polar surface area (TPSA) is 119 Å². The zero-order valence-corrected chi connectivity index (χ0v) is 28.5. The van der Waals surface area contributed by atoms with Crippen LogP contribution in [0.3, 0.4) is 0 Å². The third-order valence-corrected chi connectivity index (χ3v) is 11.9. The van der Waals surface area contributed by atoms with Gasteiger partial charge >= 0.3 is 0 Å². The average Bonchev–Trinajstić information content (AvgIpc) is 3.74. The van der Waals surface area contributed by atoms with Gasteiger partial charge in [0.05, 0.1) is 25.1 Å². The number of nitrogens with one attached hydrogen (secondary N) is 1. The van der Waals surface area contributed by atoms with Crippen molar-refractivity contribution in [2.75, 3.05) is 23.9 Å². The molecule has 0 aliphatic carbocycles. The molecule has 2 aliphatic heterocycles. The number of carbonyl (C=O) groups excluding carboxylic acids is 2. The molecule has 0 unspecified atom stereocenters. The number of hydrogen-bond acceptors (Lipinski definition) is 7. The Morgan fingerprint density at radius 3 is 2.58 bits per heavy atom. The summed E-state index contributed by atoms with van der Waals surface area (Å²) in [5.41, 5.74) is 1.29. The quantitative estimate of drug-likeness (QED) is 0.114. The molecule has 1 spiro atoms. The lowest BCUT2D eigenvalue weighted by Crippen LogP contribution is -2.45. The highest BCUT2D eigenvalue weighted by Gasteiger charge is 2.66. The van der Waals surface area contributed by atoms with Crippen LogP contribution in [0.1, 0.15) is 46.6 Å². The third-order valence-electron chi connectivity index (χ3n) is 9.48. The minimum atomic E-state index is -3.40. The van der Waals surface area contributed by atoms with Crippen molar-refractivity contribution in [3.8, 4) is 5.75 Å². The normalized spacial score (nSPS) is 22.5. The van der Waals surface area contributed by atoms with Gasteiger partial charge in [-0.3, -0.25) is 14.3 Å². The Balaban J connectivity index is 1.29. The maximum Gasteiger partial charge on any atom is 0.264 e. The minimum Gasteiger partial charge on any atom is -0.497 e. The third kappa shape index (κ3) is 5.95. The fourth-order valence-corrected chi connectivity index (χ4v) is 9.81. The number of halogens is 1. The second-order valence-corrected chi connectivity index (χ2v) is 16.7. The maximum atomic E-state index is 16.3. The highest BCUT2D eigenvalue weighted by Crippen LogP contribution is 2.60. The predicted molar refractivity (Wildman–Crippen MR) is 183 cm³/mol. The van der Waals surface area contributed by atoms with Crippen LogP contribution >= 0.6 is 0 Å². The molecule has 250 valence electrons. The fourth-order valence-electron chi connectivity index (χ4n) is 7.26. The van der Waals surface area contributed by atoms with Crippen molar-refractivity contribution in [2.45, 2.75) is 56.3 Å². The van der Waals surface area contributed by atoms with Crippen molar-refractivity contribution in [1.82, 2.24) is 15.0 Å². The van der Waals surface area contributed by atoms with Crippen molar-refractivity contribution in [3.05, 3.63) is 114 Å². The van der Waals surface area contributed by atoms with E-state index in [1.807, 2.05) is 37.3 Å². The van der Waals surface area contributed by atoms with Crippen LogP contribution < -0.4 is 15.0 Å². The van der Waals surface area contributed by atoms with Crippen LogP contribution in [0.2, 0.25) is 18.6 Å². The van der Waals surface area contributed by atoms with E-state index in [1.54, 1.807) is 84.5 Å². The molecule has 1 aromatic heterocycles. The molecule has 10 nitrogen and oxygen atoms in total. The fraction of sp³-hybridized carbons (Fsp3) is 0.333. The van der Waals surface area contributed by atoms with E-state index >= 15 is 4.11 Å². The number of carbonyl (C=O) groups is 2. The Labute approximate surface area is 280 Å². The lowest BCUT2D eigenvalue weighted by Gasteiger charge is -2.31. The molecular formula is C36H40FN5O5Si. The summed E-state index contributed by atoms with van der Waals surface area (Å²) in [5.74, 6) is -0.467. The molecular weight excluding hydrogens is 630 g/mol. The number of aliphatic hydroxyl groups excluding tert-OH is 1. The number of anilines is 2. The first-order valence-corrected chi connectivity index (χ1v) is 19.0. The molecule has 12 heteroatoms. The molecule has 0 radical (unpaired) electrons. The second-order valence-electron chi connectivity index (χ2n) is 12.9. The maximum absolute atomic E-state index is 16.3. The number of ether oxygens (including phenoxy) is 2. The number of nitrogens with zero attached hydrogens (tertiary/aromatic N) is 4. The number of rotatable bonds is 11. The van der Waals surface area contributed by atoms with Crippen LogP contribution in [0.15, 0.2) is 91.6 Å². The van der Waals surface area contributed by atoms with Crippen LogP contribution in [-0.4, -0.2) is 60.1 Å². The van der Waals surface area contributed by atoms with Gasteiger partial charge in [-0.2, -0.15) is 0 Å². The van der Waals surface area contributed by atoms with Gasteiger partial charge in [0, 0.05) is 41.4 Å². The van der Waals surface area contributed by atoms with Crippen molar-refractivity contribution >= 4 is 31.6 Å². The number of aromatic nitrogens is 3. The van der Waals surface area contributed by atoms with Crippen LogP contribution in [0, 0.1) is 5.92 Å². The average molecular weight is 670 g/mol. The van der Waals surface area contributed by atoms with Crippen molar-refractivity contribution in [2.24, 2.45) is 5.92 Å². The van der Waals surface area contributed by atoms with E-state index in [9.17, 15) is 14.7 Å². The molecule has 2 aliphatic rings. The smallest absolute Gasteiger partial charge is 0.264 e. The molecule has 2 N–H and O–H groups in total. The standard InChI is InChI=1S/C36H40FN5O5Si/c1-6-19-42-30-17-14-26(38-34(44)25-12-15-27(46-3)16-13-25)21-28(30)36(35(42)45)23(2)33(48(4,5)37)31(47-36)18-20-41-22-29(39-40-41)32(43)24-10-8-7-9-11-24/h6-17,21-23,31-33,43H,1,18-20H2,2-5H3,(H,38,44)/t23-,31+,32+,33-,36+/m0/s1. The van der Waals surface area contributed by atoms with Crippen molar-refractivity contribution < 1.29 is 28.3 Å². The van der Waals surface area contributed by atoms with E-state index in [-0.39, 0.29) is 18.4 Å². The Bertz CT molecular complexity index is 1810. The van der Waals surface area contributed by atoms with Gasteiger partial charge in [0.15, 0.2) is 5.60 Å². The van der Waals surface area contributed by atoms with Gasteiger partial charge in [-0.05, 0) is 67.5 Å². The number of benzene rings is 3. The van der Waals surface area contributed by atoms with Crippen molar-refractivity contribution in [1.29, 1.82) is 0 Å². The summed E-state index contributed by atoms with van der Waals surface area (Å²) in [6, 6.07) is 21.3. The Morgan fingerprint density at radius 1 is 1.19 bits per heavy atom. The SMILES string of the molecule is C=CCN1C(=O)[C@]2(O[C@H](CCn3cc([C@H](O)c4ccccc4)nn3)[C@@H]([Si](C)(C)F)[C@@H]2C)c2cc(NC(=O)c3ccc(OC)cc3)ccc21. The van der Waals surface area contributed by atoms with E-state index in [1.165, 1.54) is 0 Å². The Morgan fingerprint density at radius 2 is 1.92 bits per heavy atom. The van der Waals surface area contributed by atoms with Gasteiger partial charge in [-0.1, -0.05) is 48.5 Å². The van der Waals surface area contributed by atoms with Gasteiger partial charge in [-0.25, -0.2) is 0 Å². The number of hydrogen-bond donors (Lipinski definition) is 2. The summed E-state index contributed by atoms with van der Waals surface area (Å²) >= 11 is 0. The molecule has 0 saturated carbocycles. The van der Waals surface area contributed by atoms with Gasteiger partial charge in [0.25, 0.3) is 11.8 Å². The second kappa shape index (κ2) is 13.1. The largest absolute Gasteiger partial charge is 0.497 e. The summed E-state index contributed by atoms with van der Waals surface area (Å²) < 4.78 is 29.9.